The molecule has 128 valence electrons. The molecule has 0 spiro atoms. The smallest absolute Gasteiger partial charge is 0.271 e. The van der Waals surface area contributed by atoms with Crippen LogP contribution in [0.2, 0.25) is 0 Å². The highest BCUT2D eigenvalue weighted by molar-refractivity contribution is 6.14. The monoisotopic (exact) mass is 340 g/mol. The average molecular weight is 340 g/mol. The Morgan fingerprint density at radius 2 is 2.08 bits per heavy atom. The largest absolute Gasteiger partial charge is 0.497 e. The summed E-state index contributed by atoms with van der Waals surface area (Å²) in [6, 6.07) is 12.0. The van der Waals surface area contributed by atoms with E-state index in [0.717, 1.165) is 5.56 Å². The zero-order valence-electron chi connectivity index (χ0n) is 13.4. The van der Waals surface area contributed by atoms with Crippen LogP contribution in [0.15, 0.2) is 48.2 Å². The Hall–Kier alpha value is -3.32. The fraction of sp³-hybridized carbons (Fsp3) is 0.111. The normalized spacial score (nSPS) is 14.0. The molecule has 0 radical (unpaired) electrons. The predicted octanol–water partition coefficient (Wildman–Crippen LogP) is 1.68. The molecule has 7 heteroatoms. The number of carbonyl (C=O) groups is 2. The Labute approximate surface area is 144 Å². The van der Waals surface area contributed by atoms with E-state index in [1.807, 2.05) is 23.6 Å². The molecule has 2 aromatic carbocycles. The minimum absolute atomic E-state index is 0.208. The molecular weight excluding hydrogens is 324 g/mol. The Morgan fingerprint density at radius 1 is 1.24 bits per heavy atom. The summed E-state index contributed by atoms with van der Waals surface area (Å²) in [7, 11) is 1.58. The molecule has 1 aliphatic rings. The molecule has 0 atom stereocenters. The van der Waals surface area contributed by atoms with Crippen LogP contribution in [0.5, 0.6) is 17.2 Å². The van der Waals surface area contributed by atoms with Crippen molar-refractivity contribution in [2.75, 3.05) is 13.7 Å². The number of amides is 1. The van der Waals surface area contributed by atoms with Crippen LogP contribution in [0.1, 0.15) is 15.9 Å². The molecule has 2 aromatic rings. The molecule has 25 heavy (non-hydrogen) atoms. The first kappa shape index (κ1) is 16.5. The van der Waals surface area contributed by atoms with Crippen LogP contribution < -0.4 is 25.5 Å². The Morgan fingerprint density at radius 3 is 2.84 bits per heavy atom. The third-order valence-electron chi connectivity index (χ3n) is 3.56. The highest BCUT2D eigenvalue weighted by Crippen LogP contribution is 2.35. The Balaban J connectivity index is 1.80. The molecular formula is C18H16N2O5. The van der Waals surface area contributed by atoms with Gasteiger partial charge in [-0.05, 0) is 35.9 Å². The van der Waals surface area contributed by atoms with Crippen LogP contribution >= 0.6 is 0 Å². The van der Waals surface area contributed by atoms with Crippen LogP contribution in [0.3, 0.4) is 0 Å². The first-order chi connectivity index (χ1) is 12.1. The molecule has 1 heterocycles. The quantitative estimate of drug-likeness (QED) is 0.372. The Kier molecular flexibility index (Phi) is 4.67. The third kappa shape index (κ3) is 3.61. The number of methoxy groups -OCH3 is 1. The lowest BCUT2D eigenvalue weighted by Crippen LogP contribution is -2.34. The summed E-state index contributed by atoms with van der Waals surface area (Å²) in [5.74, 6) is 5.99. The van der Waals surface area contributed by atoms with Crippen molar-refractivity contribution in [3.63, 3.8) is 0 Å². The fourth-order valence-electron chi connectivity index (χ4n) is 2.33. The number of allylic oxidation sites excluding steroid dienone is 1. The van der Waals surface area contributed by atoms with Crippen molar-refractivity contribution in [1.29, 1.82) is 0 Å². The molecule has 0 saturated carbocycles. The summed E-state index contributed by atoms with van der Waals surface area (Å²) >= 11 is 0. The second-order valence-electron chi connectivity index (χ2n) is 5.23. The van der Waals surface area contributed by atoms with Gasteiger partial charge in [0.2, 0.25) is 5.78 Å². The Bertz CT molecular complexity index is 860. The van der Waals surface area contributed by atoms with E-state index in [2.05, 4.69) is 0 Å². The van der Waals surface area contributed by atoms with Crippen molar-refractivity contribution in [1.82, 2.24) is 5.43 Å². The van der Waals surface area contributed by atoms with Gasteiger partial charge in [-0.25, -0.2) is 5.84 Å². The first-order valence-corrected chi connectivity index (χ1v) is 7.45. The lowest BCUT2D eigenvalue weighted by molar-refractivity contribution is -0.123. The van der Waals surface area contributed by atoms with Crippen molar-refractivity contribution in [2.24, 2.45) is 5.84 Å². The van der Waals surface area contributed by atoms with Gasteiger partial charge in [0.1, 0.15) is 17.2 Å². The van der Waals surface area contributed by atoms with E-state index in [-0.39, 0.29) is 18.1 Å². The van der Waals surface area contributed by atoms with Crippen molar-refractivity contribution in [3.8, 4) is 17.2 Å². The van der Waals surface area contributed by atoms with E-state index in [0.29, 0.717) is 22.8 Å². The van der Waals surface area contributed by atoms with Gasteiger partial charge in [-0.2, -0.15) is 0 Å². The van der Waals surface area contributed by atoms with Crippen molar-refractivity contribution in [2.45, 2.75) is 0 Å². The minimum atomic E-state index is -0.462. The number of nitrogens with two attached hydrogens (primary N) is 1. The number of Topliss-reactive ketones (excluding diaryl/α,β-unsaturated/α-hetero) is 1. The zero-order valence-corrected chi connectivity index (χ0v) is 13.4. The number of hydrogen-bond donors (Lipinski definition) is 2. The fourth-order valence-corrected chi connectivity index (χ4v) is 2.33. The molecule has 0 bridgehead atoms. The van der Waals surface area contributed by atoms with Gasteiger partial charge in [0.05, 0.1) is 12.7 Å². The summed E-state index contributed by atoms with van der Waals surface area (Å²) in [5, 5.41) is 0. The molecule has 1 aliphatic heterocycles. The van der Waals surface area contributed by atoms with Crippen LogP contribution in [-0.2, 0) is 4.79 Å². The zero-order chi connectivity index (χ0) is 17.8. The van der Waals surface area contributed by atoms with Crippen LogP contribution in [0.4, 0.5) is 0 Å². The number of hydrogen-bond acceptors (Lipinski definition) is 6. The van der Waals surface area contributed by atoms with Crippen molar-refractivity contribution >= 4 is 17.8 Å². The van der Waals surface area contributed by atoms with Gasteiger partial charge < -0.3 is 14.2 Å². The molecule has 7 nitrogen and oxygen atoms in total. The second kappa shape index (κ2) is 7.06. The summed E-state index contributed by atoms with van der Waals surface area (Å²) in [4.78, 5) is 23.5. The average Bonchev–Trinajstić information content (AvgIpc) is 2.95. The molecule has 0 saturated heterocycles. The van der Waals surface area contributed by atoms with Gasteiger partial charge in [0.15, 0.2) is 12.4 Å². The van der Waals surface area contributed by atoms with Gasteiger partial charge in [-0.1, -0.05) is 12.1 Å². The molecule has 3 N–H and O–H groups in total. The standard InChI is InChI=1S/C18H16N2O5/c1-23-12-4-2-3-11(7-12)8-16-18(22)14-6-5-13(9-15(14)25-16)24-10-17(21)20-19/h2-9H,10,19H2,1H3,(H,20,21). The number of hydrazine groups is 1. The first-order valence-electron chi connectivity index (χ1n) is 7.45. The van der Waals surface area contributed by atoms with Gasteiger partial charge in [-0.15, -0.1) is 0 Å². The maximum atomic E-state index is 12.4. The van der Waals surface area contributed by atoms with Gasteiger partial charge in [-0.3, -0.25) is 15.0 Å². The summed E-state index contributed by atoms with van der Waals surface area (Å²) in [5.41, 5.74) is 3.19. The van der Waals surface area contributed by atoms with Crippen LogP contribution in [-0.4, -0.2) is 25.4 Å². The molecule has 0 aromatic heterocycles. The van der Waals surface area contributed by atoms with E-state index in [1.165, 1.54) is 0 Å². The van der Waals surface area contributed by atoms with E-state index >= 15 is 0 Å². The summed E-state index contributed by atoms with van der Waals surface area (Å²) in [6.45, 7) is -0.226. The topological polar surface area (TPSA) is 99.9 Å². The number of ether oxygens (including phenoxy) is 3. The highest BCUT2D eigenvalue weighted by atomic mass is 16.5. The lowest BCUT2D eigenvalue weighted by atomic mass is 10.1. The molecule has 0 fully saturated rings. The van der Waals surface area contributed by atoms with Gasteiger partial charge >= 0.3 is 0 Å². The van der Waals surface area contributed by atoms with E-state index in [9.17, 15) is 9.59 Å². The van der Waals surface area contributed by atoms with Crippen molar-refractivity contribution < 1.29 is 23.8 Å². The molecule has 0 aliphatic carbocycles. The lowest BCUT2D eigenvalue weighted by Gasteiger charge is -2.06. The number of rotatable bonds is 5. The van der Waals surface area contributed by atoms with E-state index < -0.39 is 5.91 Å². The van der Waals surface area contributed by atoms with Crippen molar-refractivity contribution in [3.05, 3.63) is 59.4 Å². The second-order valence-corrected chi connectivity index (χ2v) is 5.23. The maximum absolute atomic E-state index is 12.4. The number of nitrogens with one attached hydrogen (secondary N) is 1. The summed E-state index contributed by atoms with van der Waals surface area (Å²) in [6.07, 6.45) is 1.65. The van der Waals surface area contributed by atoms with Crippen LogP contribution in [0, 0.1) is 0 Å². The number of ketones is 1. The predicted molar refractivity (Wildman–Crippen MR) is 90.2 cm³/mol. The molecule has 1 amide bonds. The van der Waals surface area contributed by atoms with E-state index in [1.54, 1.807) is 37.5 Å². The number of fused-ring (bicyclic) bond motifs is 1. The maximum Gasteiger partial charge on any atom is 0.271 e. The summed E-state index contributed by atoms with van der Waals surface area (Å²) < 4.78 is 16.1. The number of benzene rings is 2. The number of carbonyl (C=O) groups excluding carboxylic acids is 2. The van der Waals surface area contributed by atoms with Gasteiger partial charge in [0.25, 0.3) is 5.91 Å². The third-order valence-corrected chi connectivity index (χ3v) is 3.56. The SMILES string of the molecule is COc1cccc(C=C2Oc3cc(OCC(=O)NN)ccc3C2=O)c1. The molecule has 0 unspecified atom stereocenters. The molecule has 3 rings (SSSR count). The minimum Gasteiger partial charge on any atom is -0.497 e. The van der Waals surface area contributed by atoms with Gasteiger partial charge in [0, 0.05) is 6.07 Å². The van der Waals surface area contributed by atoms with E-state index in [4.69, 9.17) is 20.1 Å². The highest BCUT2D eigenvalue weighted by Gasteiger charge is 2.27. The van der Waals surface area contributed by atoms with Crippen LogP contribution in [0.25, 0.3) is 6.08 Å².